The number of halogens is 2. The Kier molecular flexibility index (Phi) is 4.22. The lowest BCUT2D eigenvalue weighted by Crippen LogP contribution is -2.08. The molecule has 1 aromatic carbocycles. The molecule has 19 heavy (non-hydrogen) atoms. The molecule has 0 spiro atoms. The molecule has 0 fully saturated rings. The maximum Gasteiger partial charge on any atom is 0.130 e. The number of hydrogen-bond acceptors (Lipinski definition) is 2. The summed E-state index contributed by atoms with van der Waals surface area (Å²) in [5.74, 6) is -0.392. The average Bonchev–Trinajstić information content (AvgIpc) is 2.63. The molecule has 0 saturated heterocycles. The van der Waals surface area contributed by atoms with Gasteiger partial charge in [-0.1, -0.05) is 23.7 Å². The molecule has 0 bridgehead atoms. The third-order valence-corrected chi connectivity index (χ3v) is 3.75. The summed E-state index contributed by atoms with van der Waals surface area (Å²) in [5, 5.41) is 14.4. The van der Waals surface area contributed by atoms with Crippen molar-refractivity contribution in [2.24, 2.45) is 7.05 Å². The Hall–Kier alpha value is -1.39. The molecule has 0 aliphatic rings. The minimum Gasteiger partial charge on any atom is -0.396 e. The Morgan fingerprint density at radius 2 is 2.00 bits per heavy atom. The number of rotatable bonds is 4. The monoisotopic (exact) mass is 282 g/mol. The van der Waals surface area contributed by atoms with Crippen molar-refractivity contribution in [1.29, 1.82) is 0 Å². The molecule has 0 aliphatic heterocycles. The van der Waals surface area contributed by atoms with Gasteiger partial charge in [0.25, 0.3) is 0 Å². The summed E-state index contributed by atoms with van der Waals surface area (Å²) < 4.78 is 14.5. The number of hydrogen-bond donors (Lipinski definition) is 1. The standard InChI is InChI=1S/C14H16ClFN2O/c1-9-13(14(15)18(2)17-9)7-11(8-19)10-3-5-12(16)6-4-10/h3-6,11,19H,7-8H2,1-2H3. The second-order valence-electron chi connectivity index (χ2n) is 4.61. The van der Waals surface area contributed by atoms with Crippen molar-refractivity contribution in [2.45, 2.75) is 19.3 Å². The highest BCUT2D eigenvalue weighted by Crippen LogP contribution is 2.27. The van der Waals surface area contributed by atoms with Crippen LogP contribution in [0.5, 0.6) is 0 Å². The first kappa shape index (κ1) is 14.0. The predicted octanol–water partition coefficient (Wildman–Crippen LogP) is 2.84. The Bertz CT molecular complexity index is 566. The minimum atomic E-state index is -0.281. The van der Waals surface area contributed by atoms with Gasteiger partial charge in [-0.15, -0.1) is 0 Å². The third-order valence-electron chi connectivity index (χ3n) is 3.28. The summed E-state index contributed by atoms with van der Waals surface area (Å²) >= 11 is 6.19. The lowest BCUT2D eigenvalue weighted by molar-refractivity contribution is 0.264. The highest BCUT2D eigenvalue weighted by Gasteiger charge is 2.18. The summed E-state index contributed by atoms with van der Waals surface area (Å²) in [7, 11) is 1.78. The van der Waals surface area contributed by atoms with Crippen LogP contribution in [0.3, 0.4) is 0 Å². The van der Waals surface area contributed by atoms with Gasteiger partial charge in [-0.3, -0.25) is 4.68 Å². The first-order valence-electron chi connectivity index (χ1n) is 6.07. The van der Waals surface area contributed by atoms with Crippen molar-refractivity contribution < 1.29 is 9.50 Å². The van der Waals surface area contributed by atoms with Crippen LogP contribution in [-0.4, -0.2) is 21.5 Å². The highest BCUT2D eigenvalue weighted by atomic mass is 35.5. The van der Waals surface area contributed by atoms with E-state index >= 15 is 0 Å². The predicted molar refractivity (Wildman–Crippen MR) is 72.9 cm³/mol. The fourth-order valence-electron chi connectivity index (χ4n) is 2.17. The van der Waals surface area contributed by atoms with Crippen LogP contribution in [-0.2, 0) is 13.5 Å². The molecule has 0 amide bonds. The number of nitrogens with zero attached hydrogens (tertiary/aromatic N) is 2. The van der Waals surface area contributed by atoms with E-state index < -0.39 is 0 Å². The number of aliphatic hydroxyl groups is 1. The van der Waals surface area contributed by atoms with Gasteiger partial charge in [-0.2, -0.15) is 5.10 Å². The van der Waals surface area contributed by atoms with Crippen LogP contribution in [0.25, 0.3) is 0 Å². The van der Waals surface area contributed by atoms with Crippen molar-refractivity contribution in [3.63, 3.8) is 0 Å². The zero-order valence-corrected chi connectivity index (χ0v) is 11.7. The molecular formula is C14H16ClFN2O. The normalized spacial score (nSPS) is 12.7. The van der Waals surface area contributed by atoms with E-state index in [1.165, 1.54) is 12.1 Å². The van der Waals surface area contributed by atoms with Crippen molar-refractivity contribution >= 4 is 11.6 Å². The van der Waals surface area contributed by atoms with Gasteiger partial charge in [0.1, 0.15) is 11.0 Å². The van der Waals surface area contributed by atoms with Crippen LogP contribution < -0.4 is 0 Å². The van der Waals surface area contributed by atoms with E-state index in [0.29, 0.717) is 11.6 Å². The lowest BCUT2D eigenvalue weighted by atomic mass is 9.93. The first-order valence-corrected chi connectivity index (χ1v) is 6.45. The fourth-order valence-corrected chi connectivity index (χ4v) is 2.43. The number of aromatic nitrogens is 2. The van der Waals surface area contributed by atoms with Crippen molar-refractivity contribution in [1.82, 2.24) is 9.78 Å². The summed E-state index contributed by atoms with van der Waals surface area (Å²) in [5.41, 5.74) is 2.67. The van der Waals surface area contributed by atoms with Crippen LogP contribution in [0, 0.1) is 12.7 Å². The van der Waals surface area contributed by atoms with E-state index in [1.807, 2.05) is 6.92 Å². The summed E-state index contributed by atoms with van der Waals surface area (Å²) in [6.45, 7) is 1.87. The van der Waals surface area contributed by atoms with E-state index in [9.17, 15) is 9.50 Å². The Morgan fingerprint density at radius 1 is 1.37 bits per heavy atom. The zero-order valence-electron chi connectivity index (χ0n) is 10.9. The van der Waals surface area contributed by atoms with Gasteiger partial charge in [0, 0.05) is 18.5 Å². The SMILES string of the molecule is Cc1nn(C)c(Cl)c1CC(CO)c1ccc(F)cc1. The molecule has 1 heterocycles. The highest BCUT2D eigenvalue weighted by molar-refractivity contribution is 6.30. The molecule has 5 heteroatoms. The molecule has 0 aliphatic carbocycles. The van der Waals surface area contributed by atoms with Gasteiger partial charge in [-0.25, -0.2) is 4.39 Å². The molecular weight excluding hydrogens is 267 g/mol. The Balaban J connectivity index is 2.26. The largest absolute Gasteiger partial charge is 0.396 e. The Morgan fingerprint density at radius 3 is 2.47 bits per heavy atom. The summed E-state index contributed by atoms with van der Waals surface area (Å²) in [6.07, 6.45) is 0.584. The van der Waals surface area contributed by atoms with Gasteiger partial charge in [0.05, 0.1) is 12.3 Å². The van der Waals surface area contributed by atoms with Crippen LogP contribution in [0.15, 0.2) is 24.3 Å². The van der Waals surface area contributed by atoms with Gasteiger partial charge >= 0.3 is 0 Å². The van der Waals surface area contributed by atoms with Crippen molar-refractivity contribution in [3.05, 3.63) is 52.1 Å². The van der Waals surface area contributed by atoms with Gasteiger partial charge in [-0.05, 0) is 31.0 Å². The number of benzene rings is 1. The van der Waals surface area contributed by atoms with Crippen molar-refractivity contribution in [3.8, 4) is 0 Å². The molecule has 1 atom stereocenters. The van der Waals surface area contributed by atoms with Gasteiger partial charge in [0.15, 0.2) is 0 Å². The quantitative estimate of drug-likeness (QED) is 0.936. The van der Waals surface area contributed by atoms with E-state index in [0.717, 1.165) is 16.8 Å². The molecule has 0 saturated carbocycles. The van der Waals surface area contributed by atoms with Gasteiger partial charge in [0.2, 0.25) is 0 Å². The summed E-state index contributed by atoms with van der Waals surface area (Å²) in [4.78, 5) is 0. The lowest BCUT2D eigenvalue weighted by Gasteiger charge is -2.14. The van der Waals surface area contributed by atoms with Crippen LogP contribution in [0.4, 0.5) is 4.39 Å². The molecule has 1 unspecified atom stereocenters. The second-order valence-corrected chi connectivity index (χ2v) is 4.97. The molecule has 1 N–H and O–H groups in total. The average molecular weight is 283 g/mol. The first-order chi connectivity index (χ1) is 9.02. The van der Waals surface area contributed by atoms with E-state index in [-0.39, 0.29) is 18.3 Å². The fraction of sp³-hybridized carbons (Fsp3) is 0.357. The number of aliphatic hydroxyl groups excluding tert-OH is 1. The molecule has 2 aromatic rings. The van der Waals surface area contributed by atoms with E-state index in [1.54, 1.807) is 23.9 Å². The second kappa shape index (κ2) is 5.72. The molecule has 102 valence electrons. The molecule has 3 nitrogen and oxygen atoms in total. The van der Waals surface area contributed by atoms with Gasteiger partial charge < -0.3 is 5.11 Å². The maximum atomic E-state index is 12.9. The molecule has 1 aromatic heterocycles. The van der Waals surface area contributed by atoms with E-state index in [2.05, 4.69) is 5.10 Å². The smallest absolute Gasteiger partial charge is 0.130 e. The third kappa shape index (κ3) is 2.96. The van der Waals surface area contributed by atoms with Crippen molar-refractivity contribution in [2.75, 3.05) is 6.61 Å². The van der Waals surface area contributed by atoms with Crippen LogP contribution in [0.1, 0.15) is 22.7 Å². The minimum absolute atomic E-state index is 0.0176. The maximum absolute atomic E-state index is 12.9. The molecule has 0 radical (unpaired) electrons. The van der Waals surface area contributed by atoms with E-state index in [4.69, 9.17) is 11.6 Å². The van der Waals surface area contributed by atoms with Crippen LogP contribution in [0.2, 0.25) is 5.15 Å². The topological polar surface area (TPSA) is 38.0 Å². The zero-order chi connectivity index (χ0) is 14.0. The number of aryl methyl sites for hydroxylation is 2. The summed E-state index contributed by atoms with van der Waals surface area (Å²) in [6, 6.07) is 6.18. The Labute approximate surface area is 116 Å². The molecule has 2 rings (SSSR count). The van der Waals surface area contributed by atoms with Crippen LogP contribution >= 0.6 is 11.6 Å².